The summed E-state index contributed by atoms with van der Waals surface area (Å²) in [4.78, 5) is 14.2. The van der Waals surface area contributed by atoms with Crippen LogP contribution in [0.3, 0.4) is 0 Å². The molecule has 0 aliphatic heterocycles. The summed E-state index contributed by atoms with van der Waals surface area (Å²) < 4.78 is 0. The monoisotopic (exact) mass is 563 g/mol. The predicted molar refractivity (Wildman–Crippen MR) is 183 cm³/mol. The lowest BCUT2D eigenvalue weighted by atomic mass is 9.81. The zero-order valence-corrected chi connectivity index (χ0v) is 26.0. The average molecular weight is 564 g/mol. The molecule has 6 rings (SSSR count). The zero-order valence-electron chi connectivity index (χ0n) is 26.0. The molecule has 4 aromatic rings. The minimum absolute atomic E-state index is 0.0766. The van der Waals surface area contributed by atoms with E-state index in [9.17, 15) is 4.79 Å². The highest BCUT2D eigenvalue weighted by atomic mass is 16.1. The Morgan fingerprint density at radius 2 is 1.44 bits per heavy atom. The highest BCUT2D eigenvalue weighted by molar-refractivity contribution is 5.88. The van der Waals surface area contributed by atoms with Gasteiger partial charge in [-0.3, -0.25) is 4.79 Å². The van der Waals surface area contributed by atoms with Gasteiger partial charge in [-0.1, -0.05) is 132 Å². The first-order chi connectivity index (χ1) is 20.7. The average Bonchev–Trinajstić information content (AvgIpc) is 3.28. The molecule has 1 amide bonds. The van der Waals surface area contributed by atoms with Crippen molar-refractivity contribution >= 4 is 23.7 Å². The maximum Gasteiger partial charge on any atom is 0.214 e. The summed E-state index contributed by atoms with van der Waals surface area (Å²) in [5.74, 6) is 0. The number of anilines is 1. The van der Waals surface area contributed by atoms with E-state index in [4.69, 9.17) is 0 Å². The minimum Gasteiger partial charge on any atom is -0.315 e. The largest absolute Gasteiger partial charge is 0.315 e. The molecular formula is C41H41NO. The Morgan fingerprint density at radius 3 is 2.23 bits per heavy atom. The van der Waals surface area contributed by atoms with Gasteiger partial charge in [0.2, 0.25) is 6.41 Å². The summed E-state index contributed by atoms with van der Waals surface area (Å²) in [7, 11) is 0. The number of hydrogen-bond donors (Lipinski definition) is 0. The van der Waals surface area contributed by atoms with Crippen LogP contribution in [0.2, 0.25) is 0 Å². The standard InChI is InChI=1S/C41H41NO/c1-6-7-23-42(28-43)34-25-32(29-14-12-15-30-13-8-10-17-37(30)40(2,3)22-21-29)24-33(26-34)31-19-20-36-35-16-9-11-18-38(35)41(4,5)39(36)27-31/h8-22,24-28H,6-7,23H2,1-5H3/b15-12+,22-21+,29-14+. The van der Waals surface area contributed by atoms with E-state index >= 15 is 0 Å². The summed E-state index contributed by atoms with van der Waals surface area (Å²) in [5, 5.41) is 0. The number of nitrogens with zero attached hydrogens (tertiary/aromatic N) is 1. The van der Waals surface area contributed by atoms with Gasteiger partial charge in [0.15, 0.2) is 0 Å². The smallest absolute Gasteiger partial charge is 0.214 e. The summed E-state index contributed by atoms with van der Waals surface area (Å²) in [6.07, 6.45) is 14.1. The van der Waals surface area contributed by atoms with Crippen LogP contribution in [0.4, 0.5) is 5.69 Å². The molecule has 0 unspecified atom stereocenters. The summed E-state index contributed by atoms with van der Waals surface area (Å²) in [5.41, 5.74) is 13.1. The first kappa shape index (κ1) is 28.7. The van der Waals surface area contributed by atoms with Gasteiger partial charge in [0.25, 0.3) is 0 Å². The number of fused-ring (bicyclic) bond motifs is 4. The third-order valence-corrected chi connectivity index (χ3v) is 9.27. The number of allylic oxidation sites excluding steroid dienone is 5. The van der Waals surface area contributed by atoms with E-state index in [1.807, 2.05) is 4.90 Å². The molecule has 0 atom stereocenters. The molecule has 0 fully saturated rings. The lowest BCUT2D eigenvalue weighted by Gasteiger charge is -2.24. The Bertz CT molecular complexity index is 1780. The molecule has 0 aromatic heterocycles. The quantitative estimate of drug-likeness (QED) is 0.205. The van der Waals surface area contributed by atoms with Crippen LogP contribution < -0.4 is 4.90 Å². The highest BCUT2D eigenvalue weighted by Crippen LogP contribution is 2.49. The van der Waals surface area contributed by atoms with Crippen LogP contribution in [0.5, 0.6) is 0 Å². The molecule has 0 bridgehead atoms. The molecule has 0 saturated carbocycles. The van der Waals surface area contributed by atoms with E-state index in [0.717, 1.165) is 41.6 Å². The first-order valence-electron chi connectivity index (χ1n) is 15.5. The fraction of sp³-hybridized carbons (Fsp3) is 0.244. The van der Waals surface area contributed by atoms with Crippen LogP contribution in [0, 0.1) is 0 Å². The molecule has 0 heterocycles. The van der Waals surface area contributed by atoms with Crippen molar-refractivity contribution in [2.24, 2.45) is 0 Å². The van der Waals surface area contributed by atoms with Crippen molar-refractivity contribution in [3.63, 3.8) is 0 Å². The van der Waals surface area contributed by atoms with E-state index in [1.165, 1.54) is 38.9 Å². The summed E-state index contributed by atoms with van der Waals surface area (Å²) >= 11 is 0. The van der Waals surface area contributed by atoms with Crippen LogP contribution in [0.25, 0.3) is 33.9 Å². The Labute approximate surface area is 257 Å². The van der Waals surface area contributed by atoms with E-state index in [2.05, 4.69) is 150 Å². The van der Waals surface area contributed by atoms with Crippen LogP contribution in [-0.4, -0.2) is 13.0 Å². The van der Waals surface area contributed by atoms with Crippen molar-refractivity contribution in [3.05, 3.63) is 137 Å². The molecule has 4 aromatic carbocycles. The van der Waals surface area contributed by atoms with Crippen LogP contribution >= 0.6 is 0 Å². The molecule has 0 radical (unpaired) electrons. The van der Waals surface area contributed by atoms with Gasteiger partial charge in [0, 0.05) is 23.1 Å². The number of amides is 1. The highest BCUT2D eigenvalue weighted by Gasteiger charge is 2.35. The molecule has 2 aliphatic carbocycles. The second kappa shape index (κ2) is 11.3. The zero-order chi connectivity index (χ0) is 30.2. The van der Waals surface area contributed by atoms with Crippen LogP contribution in [-0.2, 0) is 15.6 Å². The number of hydrogen-bond acceptors (Lipinski definition) is 1. The fourth-order valence-electron chi connectivity index (χ4n) is 6.69. The fourth-order valence-corrected chi connectivity index (χ4v) is 6.69. The third-order valence-electron chi connectivity index (χ3n) is 9.27. The van der Waals surface area contributed by atoms with Crippen molar-refractivity contribution < 1.29 is 4.79 Å². The van der Waals surface area contributed by atoms with Gasteiger partial charge in [-0.2, -0.15) is 0 Å². The van der Waals surface area contributed by atoms with E-state index in [0.29, 0.717) is 6.54 Å². The molecule has 2 aliphatic rings. The lowest BCUT2D eigenvalue weighted by molar-refractivity contribution is -0.107. The SMILES string of the molecule is CCCCN(C=O)c1cc(C2=C/C=C/c3ccccc3C(C)(C)\C=C\2)cc(-c2ccc3c(c2)C(C)(C)c2ccccc2-3)c1. The van der Waals surface area contributed by atoms with Gasteiger partial charge in [-0.25, -0.2) is 0 Å². The normalized spacial score (nSPS) is 18.5. The Balaban J connectivity index is 1.49. The van der Waals surface area contributed by atoms with Crippen molar-refractivity contribution in [2.75, 3.05) is 11.4 Å². The van der Waals surface area contributed by atoms with E-state index < -0.39 is 0 Å². The van der Waals surface area contributed by atoms with E-state index in [-0.39, 0.29) is 10.8 Å². The molecule has 2 nitrogen and oxygen atoms in total. The third kappa shape index (κ3) is 5.31. The Kier molecular flexibility index (Phi) is 7.56. The Morgan fingerprint density at radius 1 is 0.721 bits per heavy atom. The van der Waals surface area contributed by atoms with Gasteiger partial charge in [0.05, 0.1) is 0 Å². The molecule has 43 heavy (non-hydrogen) atoms. The van der Waals surface area contributed by atoms with Gasteiger partial charge < -0.3 is 4.90 Å². The van der Waals surface area contributed by atoms with Gasteiger partial charge in [-0.15, -0.1) is 0 Å². The molecule has 0 spiro atoms. The number of unbranched alkanes of at least 4 members (excludes halogenated alkanes) is 1. The molecule has 0 N–H and O–H groups in total. The second-order valence-electron chi connectivity index (χ2n) is 13.0. The van der Waals surface area contributed by atoms with Crippen LogP contribution in [0.15, 0.2) is 109 Å². The second-order valence-corrected chi connectivity index (χ2v) is 13.0. The van der Waals surface area contributed by atoms with Crippen molar-refractivity contribution in [1.82, 2.24) is 0 Å². The van der Waals surface area contributed by atoms with Crippen molar-refractivity contribution in [2.45, 2.75) is 58.3 Å². The summed E-state index contributed by atoms with van der Waals surface area (Å²) in [6, 6.07) is 30.9. The number of benzene rings is 4. The molecular weight excluding hydrogens is 522 g/mol. The first-order valence-corrected chi connectivity index (χ1v) is 15.5. The van der Waals surface area contributed by atoms with E-state index in [1.54, 1.807) is 0 Å². The van der Waals surface area contributed by atoms with Crippen molar-refractivity contribution in [1.29, 1.82) is 0 Å². The summed E-state index contributed by atoms with van der Waals surface area (Å²) in [6.45, 7) is 12.0. The molecule has 2 heteroatoms. The van der Waals surface area contributed by atoms with Crippen LogP contribution in [0.1, 0.15) is 75.3 Å². The maximum atomic E-state index is 12.4. The predicted octanol–water partition coefficient (Wildman–Crippen LogP) is 10.4. The van der Waals surface area contributed by atoms with Crippen molar-refractivity contribution in [3.8, 4) is 22.3 Å². The topological polar surface area (TPSA) is 20.3 Å². The van der Waals surface area contributed by atoms with Gasteiger partial charge in [-0.05, 0) is 86.3 Å². The lowest BCUT2D eigenvalue weighted by Crippen LogP contribution is -2.22. The molecule has 0 saturated heterocycles. The molecule has 216 valence electrons. The number of carbonyl (C=O) groups excluding carboxylic acids is 1. The van der Waals surface area contributed by atoms with Gasteiger partial charge >= 0.3 is 0 Å². The minimum atomic E-state index is -0.138. The number of carbonyl (C=O) groups is 1. The van der Waals surface area contributed by atoms with Gasteiger partial charge in [0.1, 0.15) is 0 Å². The Hall–Kier alpha value is -4.43. The number of rotatable bonds is 7. The maximum absolute atomic E-state index is 12.4.